The van der Waals surface area contributed by atoms with E-state index in [0.717, 1.165) is 15.2 Å². The fraction of sp³-hybridized carbons (Fsp3) is 0.125. The molecule has 2 aromatic carbocycles. The van der Waals surface area contributed by atoms with E-state index >= 15 is 0 Å². The Balaban J connectivity index is 2.25. The van der Waals surface area contributed by atoms with Crippen LogP contribution in [0.3, 0.4) is 0 Å². The van der Waals surface area contributed by atoms with Crippen molar-refractivity contribution in [1.29, 1.82) is 0 Å². The molecule has 0 saturated heterocycles. The topological polar surface area (TPSA) is 66.4 Å². The maximum atomic E-state index is 12.1. The molecule has 0 fully saturated rings. The third-order valence-corrected chi connectivity index (χ3v) is 3.48. The Hall–Kier alpha value is -2.32. The number of aliphatic carboxylic acids is 1. The van der Waals surface area contributed by atoms with Gasteiger partial charge in [-0.3, -0.25) is 4.79 Å². The number of halogens is 1. The SMILES string of the molecule is C#CCC(NC(=O)c1ccc2cc(Br)ccc2c1)C(=O)O. The number of terminal acetylenes is 1. The Morgan fingerprint density at radius 2 is 1.90 bits per heavy atom. The van der Waals surface area contributed by atoms with Crippen molar-refractivity contribution in [3.05, 3.63) is 46.4 Å². The predicted molar refractivity (Wildman–Crippen MR) is 84.0 cm³/mol. The van der Waals surface area contributed by atoms with E-state index in [2.05, 4.69) is 27.2 Å². The van der Waals surface area contributed by atoms with Crippen molar-refractivity contribution < 1.29 is 14.7 Å². The molecular formula is C16H12BrNO3. The molecule has 2 N–H and O–H groups in total. The molecule has 0 aliphatic carbocycles. The van der Waals surface area contributed by atoms with Gasteiger partial charge in [0.05, 0.1) is 0 Å². The Morgan fingerprint density at radius 3 is 2.57 bits per heavy atom. The molecule has 2 aromatic rings. The molecule has 4 nitrogen and oxygen atoms in total. The van der Waals surface area contributed by atoms with Gasteiger partial charge in [0.2, 0.25) is 0 Å². The molecule has 1 unspecified atom stereocenters. The fourth-order valence-electron chi connectivity index (χ4n) is 1.92. The van der Waals surface area contributed by atoms with Crippen molar-refractivity contribution in [2.24, 2.45) is 0 Å². The van der Waals surface area contributed by atoms with Gasteiger partial charge in [0, 0.05) is 16.5 Å². The van der Waals surface area contributed by atoms with Crippen LogP contribution in [-0.2, 0) is 4.79 Å². The molecule has 0 spiro atoms. The van der Waals surface area contributed by atoms with Crippen LogP contribution in [0.25, 0.3) is 10.8 Å². The molecule has 0 aromatic heterocycles. The van der Waals surface area contributed by atoms with E-state index in [1.165, 1.54) is 0 Å². The van der Waals surface area contributed by atoms with E-state index in [0.29, 0.717) is 5.56 Å². The molecule has 21 heavy (non-hydrogen) atoms. The Bertz CT molecular complexity index is 749. The number of hydrogen-bond donors (Lipinski definition) is 2. The molecular weight excluding hydrogens is 334 g/mol. The van der Waals surface area contributed by atoms with E-state index in [-0.39, 0.29) is 6.42 Å². The average molecular weight is 346 g/mol. The van der Waals surface area contributed by atoms with Crippen molar-refractivity contribution in [3.8, 4) is 12.3 Å². The van der Waals surface area contributed by atoms with E-state index in [1.807, 2.05) is 24.3 Å². The highest BCUT2D eigenvalue weighted by Gasteiger charge is 2.19. The Morgan fingerprint density at radius 1 is 1.24 bits per heavy atom. The maximum absolute atomic E-state index is 12.1. The van der Waals surface area contributed by atoms with E-state index in [9.17, 15) is 9.59 Å². The lowest BCUT2D eigenvalue weighted by molar-refractivity contribution is -0.139. The van der Waals surface area contributed by atoms with Gasteiger partial charge < -0.3 is 10.4 Å². The molecule has 0 saturated carbocycles. The van der Waals surface area contributed by atoms with Crippen LogP contribution in [0.1, 0.15) is 16.8 Å². The Labute approximate surface area is 130 Å². The van der Waals surface area contributed by atoms with Crippen molar-refractivity contribution in [1.82, 2.24) is 5.32 Å². The van der Waals surface area contributed by atoms with Gasteiger partial charge in [-0.1, -0.05) is 28.1 Å². The second kappa shape index (κ2) is 6.42. The number of benzene rings is 2. The summed E-state index contributed by atoms with van der Waals surface area (Å²) in [6, 6.07) is 9.80. The normalized spacial score (nSPS) is 11.6. The smallest absolute Gasteiger partial charge is 0.327 e. The summed E-state index contributed by atoms with van der Waals surface area (Å²) in [6.07, 6.45) is 5.05. The quantitative estimate of drug-likeness (QED) is 0.837. The summed E-state index contributed by atoms with van der Waals surface area (Å²) >= 11 is 3.38. The van der Waals surface area contributed by atoms with Gasteiger partial charge in [0.25, 0.3) is 5.91 Å². The molecule has 106 valence electrons. The van der Waals surface area contributed by atoms with Crippen molar-refractivity contribution in [3.63, 3.8) is 0 Å². The van der Waals surface area contributed by atoms with Crippen LogP contribution in [0.5, 0.6) is 0 Å². The second-order valence-electron chi connectivity index (χ2n) is 4.48. The summed E-state index contributed by atoms with van der Waals surface area (Å²) < 4.78 is 0.951. The van der Waals surface area contributed by atoms with Crippen LogP contribution in [0.4, 0.5) is 0 Å². The maximum Gasteiger partial charge on any atom is 0.327 e. The number of nitrogens with one attached hydrogen (secondary N) is 1. The van der Waals surface area contributed by atoms with Gasteiger partial charge in [-0.2, -0.15) is 0 Å². The summed E-state index contributed by atoms with van der Waals surface area (Å²) in [5, 5.41) is 13.3. The third kappa shape index (κ3) is 3.61. The standard InChI is InChI=1S/C16H12BrNO3/c1-2-3-14(16(20)21)18-15(19)12-5-4-11-9-13(17)7-6-10(11)8-12/h1,4-9,14H,3H2,(H,18,19)(H,20,21). The predicted octanol–water partition coefficient (Wildman–Crippen LogP) is 2.81. The summed E-state index contributed by atoms with van der Waals surface area (Å²) in [6.45, 7) is 0. The number of fused-ring (bicyclic) bond motifs is 1. The van der Waals surface area contributed by atoms with E-state index in [4.69, 9.17) is 11.5 Å². The minimum Gasteiger partial charge on any atom is -0.480 e. The highest BCUT2D eigenvalue weighted by molar-refractivity contribution is 9.10. The lowest BCUT2D eigenvalue weighted by atomic mass is 10.1. The van der Waals surface area contributed by atoms with Gasteiger partial charge in [0.1, 0.15) is 6.04 Å². The van der Waals surface area contributed by atoms with Crippen LogP contribution in [-0.4, -0.2) is 23.0 Å². The monoisotopic (exact) mass is 345 g/mol. The molecule has 2 rings (SSSR count). The molecule has 0 bridgehead atoms. The molecule has 5 heteroatoms. The van der Waals surface area contributed by atoms with Crippen LogP contribution >= 0.6 is 15.9 Å². The zero-order valence-corrected chi connectivity index (χ0v) is 12.6. The molecule has 0 heterocycles. The summed E-state index contributed by atoms with van der Waals surface area (Å²) in [5.41, 5.74) is 0.396. The van der Waals surface area contributed by atoms with Crippen molar-refractivity contribution in [2.45, 2.75) is 12.5 Å². The van der Waals surface area contributed by atoms with Gasteiger partial charge in [-0.05, 0) is 35.0 Å². The fourth-order valence-corrected chi connectivity index (χ4v) is 2.30. The van der Waals surface area contributed by atoms with Crippen molar-refractivity contribution >= 4 is 38.6 Å². The first kappa shape index (κ1) is 15.1. The van der Waals surface area contributed by atoms with Crippen molar-refractivity contribution in [2.75, 3.05) is 0 Å². The summed E-state index contributed by atoms with van der Waals surface area (Å²) in [7, 11) is 0. The zero-order valence-electron chi connectivity index (χ0n) is 11.0. The number of carbonyl (C=O) groups is 2. The van der Waals surface area contributed by atoms with E-state index < -0.39 is 17.9 Å². The van der Waals surface area contributed by atoms with Crippen LogP contribution < -0.4 is 5.32 Å². The number of hydrogen-bond acceptors (Lipinski definition) is 2. The summed E-state index contributed by atoms with van der Waals surface area (Å²) in [4.78, 5) is 23.1. The molecule has 0 radical (unpaired) electrons. The van der Waals surface area contributed by atoms with Gasteiger partial charge in [-0.15, -0.1) is 12.3 Å². The second-order valence-corrected chi connectivity index (χ2v) is 5.39. The number of amides is 1. The third-order valence-electron chi connectivity index (χ3n) is 2.99. The first-order valence-electron chi connectivity index (χ1n) is 6.17. The minimum atomic E-state index is -1.15. The van der Waals surface area contributed by atoms with Crippen LogP contribution in [0, 0.1) is 12.3 Å². The molecule has 1 amide bonds. The van der Waals surface area contributed by atoms with Gasteiger partial charge >= 0.3 is 5.97 Å². The molecule has 0 aliphatic heterocycles. The lowest BCUT2D eigenvalue weighted by Crippen LogP contribution is -2.40. The lowest BCUT2D eigenvalue weighted by Gasteiger charge is -2.12. The largest absolute Gasteiger partial charge is 0.480 e. The van der Waals surface area contributed by atoms with Gasteiger partial charge in [0.15, 0.2) is 0 Å². The number of carboxylic acid groups (broad SMARTS) is 1. The minimum absolute atomic E-state index is 0.0540. The highest BCUT2D eigenvalue weighted by atomic mass is 79.9. The number of carboxylic acids is 1. The molecule has 0 aliphatic rings. The van der Waals surface area contributed by atoms with Gasteiger partial charge in [-0.25, -0.2) is 4.79 Å². The first-order valence-corrected chi connectivity index (χ1v) is 6.97. The van der Waals surface area contributed by atoms with Crippen LogP contribution in [0.2, 0.25) is 0 Å². The van der Waals surface area contributed by atoms with E-state index in [1.54, 1.807) is 12.1 Å². The number of rotatable bonds is 4. The average Bonchev–Trinajstić information content (AvgIpc) is 2.45. The summed E-state index contributed by atoms with van der Waals surface area (Å²) in [5.74, 6) is 0.638. The number of carbonyl (C=O) groups excluding carboxylic acids is 1. The Kier molecular flexibility index (Phi) is 4.61. The van der Waals surface area contributed by atoms with Crippen LogP contribution in [0.15, 0.2) is 40.9 Å². The highest BCUT2D eigenvalue weighted by Crippen LogP contribution is 2.21. The first-order chi connectivity index (χ1) is 10.0. The molecule has 1 atom stereocenters. The zero-order chi connectivity index (χ0) is 15.4.